The summed E-state index contributed by atoms with van der Waals surface area (Å²) in [6.45, 7) is 4.10. The molecule has 182 valence electrons. The Morgan fingerprint density at radius 1 is 0.812 bits per heavy atom. The van der Waals surface area contributed by atoms with Crippen molar-refractivity contribution in [3.8, 4) is 0 Å². The van der Waals surface area contributed by atoms with Gasteiger partial charge in [-0.2, -0.15) is 0 Å². The molecule has 1 N–H and O–H groups in total. The number of hydrogen-bond donors (Lipinski definition) is 1. The summed E-state index contributed by atoms with van der Waals surface area (Å²) < 4.78 is 12.1. The van der Waals surface area contributed by atoms with Crippen LogP contribution >= 0.6 is 0 Å². The first kappa shape index (κ1) is 28.2. The Kier molecular flexibility index (Phi) is 15.5. The number of carbonyl (C=O) groups excluding carboxylic acids is 1. The van der Waals surface area contributed by atoms with Gasteiger partial charge in [0.15, 0.2) is 0 Å². The van der Waals surface area contributed by atoms with E-state index in [1.165, 1.54) is 39.0 Å². The molecule has 1 atom stereocenters. The van der Waals surface area contributed by atoms with Gasteiger partial charge >= 0.3 is 11.9 Å². The molecule has 0 aliphatic carbocycles. The Labute approximate surface area is 194 Å². The maximum Gasteiger partial charge on any atom is 0.305 e. The van der Waals surface area contributed by atoms with Crippen molar-refractivity contribution >= 4 is 11.9 Å². The first-order valence-corrected chi connectivity index (χ1v) is 12.6. The minimum Gasteiger partial charge on any atom is -0.481 e. The number of carboxylic acids is 1. The number of ether oxygens (including phenoxy) is 2. The second kappa shape index (κ2) is 17.6. The molecule has 0 saturated heterocycles. The van der Waals surface area contributed by atoms with E-state index in [4.69, 9.17) is 14.6 Å². The van der Waals surface area contributed by atoms with Gasteiger partial charge in [0.1, 0.15) is 0 Å². The molecule has 0 amide bonds. The van der Waals surface area contributed by atoms with Crippen LogP contribution < -0.4 is 0 Å². The van der Waals surface area contributed by atoms with E-state index < -0.39 is 11.8 Å². The van der Waals surface area contributed by atoms with Crippen LogP contribution in [0.25, 0.3) is 0 Å². The van der Waals surface area contributed by atoms with Gasteiger partial charge in [-0.25, -0.2) is 0 Å². The molecule has 1 aromatic rings. The second-order valence-electron chi connectivity index (χ2n) is 8.81. The highest BCUT2D eigenvalue weighted by Crippen LogP contribution is 2.30. The van der Waals surface area contributed by atoms with Crippen molar-refractivity contribution in [1.82, 2.24) is 0 Å². The van der Waals surface area contributed by atoms with E-state index in [0.29, 0.717) is 25.9 Å². The van der Waals surface area contributed by atoms with E-state index in [0.717, 1.165) is 44.1 Å². The highest BCUT2D eigenvalue weighted by Gasteiger charge is 2.33. The minimum absolute atomic E-state index is 0.232. The summed E-state index contributed by atoms with van der Waals surface area (Å²) in [4.78, 5) is 22.6. The highest BCUT2D eigenvalue weighted by atomic mass is 16.7. The molecule has 5 nitrogen and oxygen atoms in total. The number of rotatable bonds is 20. The van der Waals surface area contributed by atoms with Gasteiger partial charge in [0.2, 0.25) is 5.79 Å². The molecule has 1 aromatic carbocycles. The summed E-state index contributed by atoms with van der Waals surface area (Å²) >= 11 is 0. The third-order valence-electron chi connectivity index (χ3n) is 5.78. The molecule has 0 saturated carbocycles. The number of aliphatic carboxylic acids is 1. The second-order valence-corrected chi connectivity index (χ2v) is 8.81. The molecule has 0 aromatic heterocycles. The van der Waals surface area contributed by atoms with E-state index in [9.17, 15) is 9.59 Å². The molecule has 0 aliphatic rings. The lowest BCUT2D eigenvalue weighted by atomic mass is 9.98. The molecule has 32 heavy (non-hydrogen) atoms. The normalized spacial score (nSPS) is 12.9. The Bertz CT molecular complexity index is 616. The van der Waals surface area contributed by atoms with E-state index in [2.05, 4.69) is 6.92 Å². The van der Waals surface area contributed by atoms with Gasteiger partial charge in [0, 0.05) is 26.2 Å². The minimum atomic E-state index is -0.883. The van der Waals surface area contributed by atoms with Crippen molar-refractivity contribution in [2.75, 3.05) is 0 Å². The molecule has 0 fully saturated rings. The molecule has 1 unspecified atom stereocenters. The number of hydrogen-bond acceptors (Lipinski definition) is 4. The number of unbranched alkanes of at least 4 members (excludes halogenated alkanes) is 10. The van der Waals surface area contributed by atoms with E-state index in [1.807, 2.05) is 30.3 Å². The molecule has 0 bridgehead atoms. The first-order valence-electron chi connectivity index (χ1n) is 12.6. The Hall–Kier alpha value is -1.88. The molecule has 0 radical (unpaired) electrons. The van der Waals surface area contributed by atoms with Gasteiger partial charge in [-0.05, 0) is 24.8 Å². The average Bonchev–Trinajstić information content (AvgIpc) is 2.76. The number of benzene rings is 1. The summed E-state index contributed by atoms with van der Waals surface area (Å²) in [6.07, 6.45) is 14.5. The third-order valence-corrected chi connectivity index (χ3v) is 5.78. The molecular formula is C27H44O5. The van der Waals surface area contributed by atoms with Crippen molar-refractivity contribution in [3.63, 3.8) is 0 Å². The Balaban J connectivity index is 2.61. The largest absolute Gasteiger partial charge is 0.481 e. The van der Waals surface area contributed by atoms with Crippen LogP contribution in [0.1, 0.15) is 116 Å². The van der Waals surface area contributed by atoms with Gasteiger partial charge in [-0.1, -0.05) is 95.0 Å². The maximum atomic E-state index is 12.0. The molecule has 1 rings (SSSR count). The standard InChI is InChI=1S/C27H44O5/c1-3-4-5-6-7-10-16-21-27(32-24(2)28,31-23-25-18-13-12-14-19-25)22-17-11-8-9-15-20-26(29)30/h12-14,18-19H,3-11,15-17,20-23H2,1-2H3,(H,29,30). The molecule has 0 aliphatic heterocycles. The Morgan fingerprint density at radius 3 is 1.88 bits per heavy atom. The van der Waals surface area contributed by atoms with Gasteiger partial charge < -0.3 is 14.6 Å². The molecule has 0 heterocycles. The van der Waals surface area contributed by atoms with Crippen molar-refractivity contribution in [1.29, 1.82) is 0 Å². The number of esters is 1. The topological polar surface area (TPSA) is 72.8 Å². The zero-order valence-electron chi connectivity index (χ0n) is 20.3. The summed E-state index contributed by atoms with van der Waals surface area (Å²) in [5.41, 5.74) is 1.07. The fourth-order valence-corrected chi connectivity index (χ4v) is 4.00. The van der Waals surface area contributed by atoms with Crippen LogP contribution in [0, 0.1) is 0 Å². The summed E-state index contributed by atoms with van der Waals surface area (Å²) in [7, 11) is 0. The van der Waals surface area contributed by atoms with Crippen LogP contribution in [-0.2, 0) is 25.7 Å². The lowest BCUT2D eigenvalue weighted by Crippen LogP contribution is -2.37. The van der Waals surface area contributed by atoms with E-state index >= 15 is 0 Å². The fourth-order valence-electron chi connectivity index (χ4n) is 4.00. The van der Waals surface area contributed by atoms with Crippen LogP contribution in [0.3, 0.4) is 0 Å². The van der Waals surface area contributed by atoms with Crippen LogP contribution in [0.4, 0.5) is 0 Å². The predicted molar refractivity (Wildman–Crippen MR) is 128 cm³/mol. The molecular weight excluding hydrogens is 404 g/mol. The quantitative estimate of drug-likeness (QED) is 0.128. The van der Waals surface area contributed by atoms with Crippen LogP contribution in [0.15, 0.2) is 30.3 Å². The smallest absolute Gasteiger partial charge is 0.305 e. The first-order chi connectivity index (χ1) is 15.5. The maximum absolute atomic E-state index is 12.0. The molecule has 0 spiro atoms. The average molecular weight is 449 g/mol. The van der Waals surface area contributed by atoms with Crippen LogP contribution in [-0.4, -0.2) is 22.8 Å². The fraction of sp³-hybridized carbons (Fsp3) is 0.704. The van der Waals surface area contributed by atoms with Crippen molar-refractivity contribution < 1.29 is 24.2 Å². The number of carboxylic acid groups (broad SMARTS) is 1. The lowest BCUT2D eigenvalue weighted by Gasteiger charge is -2.33. The van der Waals surface area contributed by atoms with Gasteiger partial charge in [-0.15, -0.1) is 0 Å². The third kappa shape index (κ3) is 14.2. The predicted octanol–water partition coefficient (Wildman–Crippen LogP) is 7.42. The van der Waals surface area contributed by atoms with Gasteiger partial charge in [0.05, 0.1) is 6.61 Å². The zero-order chi connectivity index (χ0) is 23.5. The van der Waals surface area contributed by atoms with Gasteiger partial charge in [-0.3, -0.25) is 9.59 Å². The lowest BCUT2D eigenvalue weighted by molar-refractivity contribution is -0.243. The Morgan fingerprint density at radius 2 is 1.34 bits per heavy atom. The summed E-state index contributed by atoms with van der Waals surface area (Å²) in [6, 6.07) is 9.99. The zero-order valence-corrected chi connectivity index (χ0v) is 20.3. The molecule has 5 heteroatoms. The van der Waals surface area contributed by atoms with Gasteiger partial charge in [0.25, 0.3) is 0 Å². The van der Waals surface area contributed by atoms with Crippen molar-refractivity contribution in [2.24, 2.45) is 0 Å². The SMILES string of the molecule is CCCCCCCCCC(CCCCCCCC(=O)O)(OCc1ccccc1)OC(C)=O. The van der Waals surface area contributed by atoms with E-state index in [1.54, 1.807) is 0 Å². The number of carbonyl (C=O) groups is 2. The van der Waals surface area contributed by atoms with E-state index in [-0.39, 0.29) is 12.4 Å². The van der Waals surface area contributed by atoms with Crippen LogP contribution in [0.5, 0.6) is 0 Å². The van der Waals surface area contributed by atoms with Crippen LogP contribution in [0.2, 0.25) is 0 Å². The van der Waals surface area contributed by atoms with Crippen molar-refractivity contribution in [2.45, 2.75) is 123 Å². The highest BCUT2D eigenvalue weighted by molar-refractivity contribution is 5.66. The summed E-state index contributed by atoms with van der Waals surface area (Å²) in [5.74, 6) is -1.92. The summed E-state index contributed by atoms with van der Waals surface area (Å²) in [5, 5.41) is 8.76. The monoisotopic (exact) mass is 448 g/mol. The van der Waals surface area contributed by atoms with Crippen molar-refractivity contribution in [3.05, 3.63) is 35.9 Å².